The summed E-state index contributed by atoms with van der Waals surface area (Å²) in [5, 5.41) is 11.7. The molecule has 2 rings (SSSR count). The lowest BCUT2D eigenvalue weighted by molar-refractivity contribution is 0.317. The van der Waals surface area contributed by atoms with Gasteiger partial charge in [0.15, 0.2) is 0 Å². The van der Waals surface area contributed by atoms with Crippen molar-refractivity contribution in [2.75, 3.05) is 18.0 Å². The quantitative estimate of drug-likeness (QED) is 0.361. The summed E-state index contributed by atoms with van der Waals surface area (Å²) in [6, 6.07) is 4.29. The van der Waals surface area contributed by atoms with E-state index in [-0.39, 0.29) is 5.84 Å². The fourth-order valence-electron chi connectivity index (χ4n) is 2.62. The Kier molecular flexibility index (Phi) is 4.82. The normalized spacial score (nSPS) is 14.7. The minimum absolute atomic E-state index is 0.264. The summed E-state index contributed by atoms with van der Waals surface area (Å²) in [6.45, 7) is 6.01. The number of nitrogens with zero attached hydrogens (tertiary/aromatic N) is 3. The lowest BCUT2D eigenvalue weighted by Crippen LogP contribution is -2.32. The average molecular weight is 276 g/mol. The Morgan fingerprint density at radius 3 is 2.95 bits per heavy atom. The molecule has 0 amide bonds. The zero-order valence-electron chi connectivity index (χ0n) is 12.3. The van der Waals surface area contributed by atoms with Crippen molar-refractivity contribution >= 4 is 11.7 Å². The first kappa shape index (κ1) is 14.6. The van der Waals surface area contributed by atoms with Crippen LogP contribution in [0.5, 0.6) is 0 Å². The molecule has 1 aromatic rings. The van der Waals surface area contributed by atoms with Crippen LogP contribution in [0, 0.1) is 5.92 Å². The van der Waals surface area contributed by atoms with E-state index in [4.69, 9.17) is 15.9 Å². The number of rotatable bonds is 6. The summed E-state index contributed by atoms with van der Waals surface area (Å²) in [4.78, 5) is 7.02. The highest BCUT2D eigenvalue weighted by molar-refractivity contribution is 5.80. The monoisotopic (exact) mass is 276 g/mol. The summed E-state index contributed by atoms with van der Waals surface area (Å²) in [7, 11) is 0. The average Bonchev–Trinajstić information content (AvgIpc) is 2.89. The highest BCUT2D eigenvalue weighted by atomic mass is 16.4. The van der Waals surface area contributed by atoms with Crippen LogP contribution in [0.4, 0.5) is 5.82 Å². The van der Waals surface area contributed by atoms with Gasteiger partial charge in [-0.05, 0) is 36.8 Å². The molecule has 0 bridgehead atoms. The van der Waals surface area contributed by atoms with Gasteiger partial charge in [-0.1, -0.05) is 25.1 Å². The predicted molar refractivity (Wildman–Crippen MR) is 81.3 cm³/mol. The van der Waals surface area contributed by atoms with Crippen molar-refractivity contribution in [3.8, 4) is 0 Å². The van der Waals surface area contributed by atoms with E-state index in [1.54, 1.807) is 0 Å². The second-order valence-corrected chi connectivity index (χ2v) is 5.81. The molecule has 0 aromatic carbocycles. The summed E-state index contributed by atoms with van der Waals surface area (Å²) in [5.74, 6) is 1.81. The molecular formula is C15H24N4O. The number of anilines is 1. The minimum atomic E-state index is 0.264. The highest BCUT2D eigenvalue weighted by Crippen LogP contribution is 2.23. The number of hydrogen-bond donors (Lipinski definition) is 2. The maximum Gasteiger partial charge on any atom is 0.140 e. The molecular weight excluding hydrogens is 252 g/mol. The Labute approximate surface area is 120 Å². The maximum atomic E-state index is 8.66. The minimum Gasteiger partial charge on any atom is -0.409 e. The van der Waals surface area contributed by atoms with Gasteiger partial charge in [0.1, 0.15) is 11.7 Å². The van der Waals surface area contributed by atoms with Crippen molar-refractivity contribution in [2.24, 2.45) is 16.8 Å². The van der Waals surface area contributed by atoms with E-state index in [2.05, 4.69) is 36.0 Å². The largest absolute Gasteiger partial charge is 0.409 e. The number of amidine groups is 1. The van der Waals surface area contributed by atoms with Gasteiger partial charge in [0, 0.05) is 25.2 Å². The second-order valence-electron chi connectivity index (χ2n) is 5.81. The van der Waals surface area contributed by atoms with E-state index in [1.807, 2.05) is 0 Å². The summed E-state index contributed by atoms with van der Waals surface area (Å²) in [5.41, 5.74) is 8.19. The summed E-state index contributed by atoms with van der Waals surface area (Å²) >= 11 is 0. The molecule has 1 heterocycles. The van der Waals surface area contributed by atoms with E-state index in [0.717, 1.165) is 31.7 Å². The zero-order valence-corrected chi connectivity index (χ0v) is 12.3. The van der Waals surface area contributed by atoms with Crippen LogP contribution in [0.2, 0.25) is 0 Å². The van der Waals surface area contributed by atoms with Crippen LogP contribution >= 0.6 is 0 Å². The fraction of sp³-hybridized carbons (Fsp3) is 0.600. The Balaban J connectivity index is 2.13. The van der Waals surface area contributed by atoms with E-state index in [9.17, 15) is 0 Å². The molecule has 0 saturated heterocycles. The van der Waals surface area contributed by atoms with Gasteiger partial charge in [-0.2, -0.15) is 0 Å². The van der Waals surface area contributed by atoms with Crippen LogP contribution in [0.15, 0.2) is 17.3 Å². The lowest BCUT2D eigenvalue weighted by Gasteiger charge is -2.26. The summed E-state index contributed by atoms with van der Waals surface area (Å²) < 4.78 is 0. The van der Waals surface area contributed by atoms with Crippen LogP contribution in [-0.4, -0.2) is 29.1 Å². The van der Waals surface area contributed by atoms with Gasteiger partial charge >= 0.3 is 0 Å². The first-order valence-corrected chi connectivity index (χ1v) is 7.30. The topological polar surface area (TPSA) is 74.7 Å². The molecule has 0 saturated carbocycles. The van der Waals surface area contributed by atoms with Gasteiger partial charge in [-0.15, -0.1) is 0 Å². The SMILES string of the molecule is CC(C)CN(CC/C(N)=N/O)c1ccc2c(n1)CCC2. The Morgan fingerprint density at radius 2 is 2.25 bits per heavy atom. The van der Waals surface area contributed by atoms with Crippen LogP contribution in [-0.2, 0) is 12.8 Å². The van der Waals surface area contributed by atoms with Crippen molar-refractivity contribution in [1.82, 2.24) is 4.98 Å². The van der Waals surface area contributed by atoms with Crippen molar-refractivity contribution in [3.63, 3.8) is 0 Å². The van der Waals surface area contributed by atoms with Crippen LogP contribution in [0.25, 0.3) is 0 Å². The predicted octanol–water partition coefficient (Wildman–Crippen LogP) is 2.17. The first-order chi connectivity index (χ1) is 9.60. The van der Waals surface area contributed by atoms with E-state index < -0.39 is 0 Å². The maximum absolute atomic E-state index is 8.66. The van der Waals surface area contributed by atoms with Gasteiger partial charge in [0.2, 0.25) is 0 Å². The van der Waals surface area contributed by atoms with Gasteiger partial charge in [-0.25, -0.2) is 4.98 Å². The second kappa shape index (κ2) is 6.59. The van der Waals surface area contributed by atoms with Crippen molar-refractivity contribution in [3.05, 3.63) is 23.4 Å². The third kappa shape index (κ3) is 3.62. The third-order valence-electron chi connectivity index (χ3n) is 3.59. The lowest BCUT2D eigenvalue weighted by atomic mass is 10.2. The molecule has 20 heavy (non-hydrogen) atoms. The van der Waals surface area contributed by atoms with Crippen molar-refractivity contribution < 1.29 is 5.21 Å². The molecule has 0 fully saturated rings. The van der Waals surface area contributed by atoms with Crippen LogP contribution in [0.3, 0.4) is 0 Å². The molecule has 1 aliphatic rings. The smallest absolute Gasteiger partial charge is 0.140 e. The first-order valence-electron chi connectivity index (χ1n) is 7.30. The third-order valence-corrected chi connectivity index (χ3v) is 3.59. The molecule has 0 atom stereocenters. The molecule has 0 radical (unpaired) electrons. The van der Waals surface area contributed by atoms with Crippen LogP contribution < -0.4 is 10.6 Å². The molecule has 5 heteroatoms. The number of pyridine rings is 1. The Morgan fingerprint density at radius 1 is 1.45 bits per heavy atom. The van der Waals surface area contributed by atoms with Gasteiger partial charge in [-0.3, -0.25) is 0 Å². The zero-order chi connectivity index (χ0) is 14.5. The molecule has 0 unspecified atom stereocenters. The molecule has 1 aromatic heterocycles. The van der Waals surface area contributed by atoms with Crippen molar-refractivity contribution in [1.29, 1.82) is 0 Å². The van der Waals surface area contributed by atoms with E-state index in [1.165, 1.54) is 17.7 Å². The number of oxime groups is 1. The number of aryl methyl sites for hydroxylation is 2. The molecule has 110 valence electrons. The van der Waals surface area contributed by atoms with Gasteiger partial charge < -0.3 is 15.8 Å². The molecule has 3 N–H and O–H groups in total. The van der Waals surface area contributed by atoms with Crippen LogP contribution in [0.1, 0.15) is 37.9 Å². The number of fused-ring (bicyclic) bond motifs is 1. The molecule has 1 aliphatic carbocycles. The number of aromatic nitrogens is 1. The van der Waals surface area contributed by atoms with E-state index >= 15 is 0 Å². The number of hydrogen-bond acceptors (Lipinski definition) is 4. The highest BCUT2D eigenvalue weighted by Gasteiger charge is 2.16. The molecule has 5 nitrogen and oxygen atoms in total. The molecule has 0 aliphatic heterocycles. The van der Waals surface area contributed by atoms with Gasteiger partial charge in [0.25, 0.3) is 0 Å². The van der Waals surface area contributed by atoms with E-state index in [0.29, 0.717) is 12.3 Å². The fourth-order valence-corrected chi connectivity index (χ4v) is 2.62. The number of nitrogens with two attached hydrogens (primary N) is 1. The standard InChI is InChI=1S/C15H24N4O/c1-11(2)10-19(9-8-14(16)18-20)15-7-6-12-4-3-5-13(12)17-15/h6-7,11,20H,3-5,8-10H2,1-2H3,(H2,16,18). The molecule has 0 spiro atoms. The Hall–Kier alpha value is -1.78. The van der Waals surface area contributed by atoms with Gasteiger partial charge in [0.05, 0.1) is 0 Å². The summed E-state index contributed by atoms with van der Waals surface area (Å²) in [6.07, 6.45) is 3.98. The Bertz CT molecular complexity index is 485. The van der Waals surface area contributed by atoms with Crippen molar-refractivity contribution in [2.45, 2.75) is 39.5 Å².